The summed E-state index contributed by atoms with van der Waals surface area (Å²) in [6.07, 6.45) is 0. The largest absolute Gasteiger partial charge is 0.489 e. The van der Waals surface area contributed by atoms with E-state index in [-0.39, 0.29) is 6.61 Å². The van der Waals surface area contributed by atoms with E-state index in [1.54, 1.807) is 11.4 Å². The van der Waals surface area contributed by atoms with Gasteiger partial charge in [-0.2, -0.15) is 0 Å². The number of carboxylic acid groups (broad SMARTS) is 1. The van der Waals surface area contributed by atoms with E-state index in [9.17, 15) is 4.79 Å². The first-order valence-electron chi connectivity index (χ1n) is 6.21. The SMILES string of the molecule is CC(C)c1cc(Br)ccc1OCc1ccsc1C(=O)O. The predicted molar refractivity (Wildman–Crippen MR) is 83.8 cm³/mol. The number of thiophene rings is 1. The first kappa shape index (κ1) is 15.1. The normalized spacial score (nSPS) is 10.8. The molecule has 0 spiro atoms. The quantitative estimate of drug-likeness (QED) is 0.829. The number of rotatable bonds is 5. The maximum Gasteiger partial charge on any atom is 0.346 e. The second kappa shape index (κ2) is 6.41. The summed E-state index contributed by atoms with van der Waals surface area (Å²) in [7, 11) is 0. The Labute approximate surface area is 130 Å². The Balaban J connectivity index is 2.19. The highest BCUT2D eigenvalue weighted by Crippen LogP contribution is 2.30. The van der Waals surface area contributed by atoms with E-state index in [1.807, 2.05) is 18.2 Å². The molecule has 5 heteroatoms. The zero-order chi connectivity index (χ0) is 14.7. The number of ether oxygens (including phenoxy) is 1. The van der Waals surface area contributed by atoms with Crippen molar-refractivity contribution >= 4 is 33.2 Å². The van der Waals surface area contributed by atoms with E-state index in [0.29, 0.717) is 16.4 Å². The van der Waals surface area contributed by atoms with E-state index in [1.165, 1.54) is 11.3 Å². The molecule has 0 aliphatic rings. The molecule has 20 heavy (non-hydrogen) atoms. The molecule has 0 fully saturated rings. The fourth-order valence-corrected chi connectivity index (χ4v) is 3.02. The van der Waals surface area contributed by atoms with Gasteiger partial charge in [-0.25, -0.2) is 4.79 Å². The Hall–Kier alpha value is -1.33. The number of carbonyl (C=O) groups is 1. The highest BCUT2D eigenvalue weighted by molar-refractivity contribution is 9.10. The summed E-state index contributed by atoms with van der Waals surface area (Å²) in [5.41, 5.74) is 1.81. The van der Waals surface area contributed by atoms with Crippen molar-refractivity contribution in [2.75, 3.05) is 0 Å². The second-order valence-corrected chi connectivity index (χ2v) is 6.54. The molecule has 0 aliphatic carbocycles. The molecule has 1 N–H and O–H groups in total. The van der Waals surface area contributed by atoms with Gasteiger partial charge < -0.3 is 9.84 Å². The topological polar surface area (TPSA) is 46.5 Å². The molecule has 0 saturated heterocycles. The van der Waals surface area contributed by atoms with Gasteiger partial charge in [0, 0.05) is 10.0 Å². The predicted octanol–water partition coefficient (Wildman–Crippen LogP) is 4.91. The molecule has 1 heterocycles. The molecule has 0 bridgehead atoms. The van der Waals surface area contributed by atoms with E-state index >= 15 is 0 Å². The Bertz CT molecular complexity index is 619. The van der Waals surface area contributed by atoms with Crippen molar-refractivity contribution in [1.82, 2.24) is 0 Å². The van der Waals surface area contributed by atoms with Gasteiger partial charge in [0.2, 0.25) is 0 Å². The second-order valence-electron chi connectivity index (χ2n) is 4.71. The lowest BCUT2D eigenvalue weighted by Crippen LogP contribution is -2.03. The summed E-state index contributed by atoms with van der Waals surface area (Å²) >= 11 is 4.67. The zero-order valence-corrected chi connectivity index (χ0v) is 13.6. The molecule has 106 valence electrons. The third-order valence-electron chi connectivity index (χ3n) is 2.92. The average Bonchev–Trinajstić information content (AvgIpc) is 2.85. The lowest BCUT2D eigenvalue weighted by Gasteiger charge is -2.14. The van der Waals surface area contributed by atoms with E-state index in [0.717, 1.165) is 15.8 Å². The smallest absolute Gasteiger partial charge is 0.346 e. The van der Waals surface area contributed by atoms with Crippen molar-refractivity contribution in [2.45, 2.75) is 26.4 Å². The first-order chi connectivity index (χ1) is 9.49. The number of hydrogen-bond acceptors (Lipinski definition) is 3. The van der Waals surface area contributed by atoms with Gasteiger partial charge in [-0.15, -0.1) is 11.3 Å². The molecule has 0 radical (unpaired) electrons. The Morgan fingerprint density at radius 2 is 2.15 bits per heavy atom. The van der Waals surface area contributed by atoms with Crippen LogP contribution in [0.1, 0.15) is 40.6 Å². The molecule has 3 nitrogen and oxygen atoms in total. The molecule has 1 aromatic heterocycles. The van der Waals surface area contributed by atoms with Gasteiger partial charge in [0.15, 0.2) is 0 Å². The van der Waals surface area contributed by atoms with Crippen LogP contribution in [-0.2, 0) is 6.61 Å². The molecule has 0 saturated carbocycles. The number of aromatic carboxylic acids is 1. The van der Waals surface area contributed by atoms with Crippen LogP contribution in [0.2, 0.25) is 0 Å². The number of halogens is 1. The molecule has 0 unspecified atom stereocenters. The van der Waals surface area contributed by atoms with Crippen molar-refractivity contribution in [3.05, 3.63) is 50.1 Å². The monoisotopic (exact) mass is 354 g/mol. The Morgan fingerprint density at radius 1 is 1.40 bits per heavy atom. The van der Waals surface area contributed by atoms with E-state index < -0.39 is 5.97 Å². The van der Waals surface area contributed by atoms with Gasteiger partial charge in [-0.05, 0) is 41.1 Å². The summed E-state index contributed by atoms with van der Waals surface area (Å²) in [4.78, 5) is 11.4. The van der Waals surface area contributed by atoms with Crippen molar-refractivity contribution < 1.29 is 14.6 Å². The van der Waals surface area contributed by atoms with Gasteiger partial charge in [-0.1, -0.05) is 29.8 Å². The van der Waals surface area contributed by atoms with Crippen LogP contribution in [0.5, 0.6) is 5.75 Å². The molecule has 2 aromatic rings. The summed E-state index contributed by atoms with van der Waals surface area (Å²) in [5, 5.41) is 10.9. The molecule has 0 amide bonds. The van der Waals surface area contributed by atoms with Crippen LogP contribution >= 0.6 is 27.3 Å². The summed E-state index contributed by atoms with van der Waals surface area (Å²) in [6, 6.07) is 7.66. The molecule has 1 aromatic carbocycles. The van der Waals surface area contributed by atoms with Gasteiger partial charge in [0.1, 0.15) is 17.2 Å². The fraction of sp³-hybridized carbons (Fsp3) is 0.267. The van der Waals surface area contributed by atoms with Crippen LogP contribution in [0.25, 0.3) is 0 Å². The first-order valence-corrected chi connectivity index (χ1v) is 7.88. The Morgan fingerprint density at radius 3 is 2.80 bits per heavy atom. The van der Waals surface area contributed by atoms with Crippen molar-refractivity contribution in [1.29, 1.82) is 0 Å². The molecule has 0 aliphatic heterocycles. The van der Waals surface area contributed by atoms with E-state index in [2.05, 4.69) is 29.8 Å². The van der Waals surface area contributed by atoms with Gasteiger partial charge in [-0.3, -0.25) is 0 Å². The van der Waals surface area contributed by atoms with Crippen LogP contribution < -0.4 is 4.74 Å². The van der Waals surface area contributed by atoms with Crippen molar-refractivity contribution in [3.63, 3.8) is 0 Å². The summed E-state index contributed by atoms with van der Waals surface area (Å²) < 4.78 is 6.82. The minimum absolute atomic E-state index is 0.270. The van der Waals surface area contributed by atoms with Crippen LogP contribution in [0, 0.1) is 0 Å². The lowest BCUT2D eigenvalue weighted by molar-refractivity contribution is 0.0699. The maximum absolute atomic E-state index is 11.1. The number of benzene rings is 1. The third kappa shape index (κ3) is 3.41. The minimum Gasteiger partial charge on any atom is -0.489 e. The maximum atomic E-state index is 11.1. The van der Waals surface area contributed by atoms with Gasteiger partial charge >= 0.3 is 5.97 Å². The average molecular weight is 355 g/mol. The van der Waals surface area contributed by atoms with Crippen LogP contribution in [-0.4, -0.2) is 11.1 Å². The van der Waals surface area contributed by atoms with E-state index in [4.69, 9.17) is 9.84 Å². The molecule has 0 atom stereocenters. The minimum atomic E-state index is -0.904. The van der Waals surface area contributed by atoms with Gasteiger partial charge in [0.05, 0.1) is 0 Å². The Kier molecular flexibility index (Phi) is 4.83. The van der Waals surface area contributed by atoms with Crippen LogP contribution in [0.3, 0.4) is 0 Å². The molecular formula is C15H15BrO3S. The fourth-order valence-electron chi connectivity index (χ4n) is 1.89. The van der Waals surface area contributed by atoms with Crippen LogP contribution in [0.15, 0.2) is 34.1 Å². The summed E-state index contributed by atoms with van der Waals surface area (Å²) in [5.74, 6) is 0.230. The van der Waals surface area contributed by atoms with Crippen LogP contribution in [0.4, 0.5) is 0 Å². The number of carboxylic acids is 1. The highest BCUT2D eigenvalue weighted by Gasteiger charge is 2.14. The van der Waals surface area contributed by atoms with Gasteiger partial charge in [0.25, 0.3) is 0 Å². The zero-order valence-electron chi connectivity index (χ0n) is 11.2. The number of hydrogen-bond donors (Lipinski definition) is 1. The van der Waals surface area contributed by atoms with Crippen molar-refractivity contribution in [2.24, 2.45) is 0 Å². The third-order valence-corrected chi connectivity index (χ3v) is 4.36. The molecular weight excluding hydrogens is 340 g/mol. The highest BCUT2D eigenvalue weighted by atomic mass is 79.9. The molecule has 2 rings (SSSR count). The van der Waals surface area contributed by atoms with Crippen molar-refractivity contribution in [3.8, 4) is 5.75 Å². The summed E-state index contributed by atoms with van der Waals surface area (Å²) in [6.45, 7) is 4.47. The standard InChI is InChI=1S/C15H15BrO3S/c1-9(2)12-7-11(16)3-4-13(12)19-8-10-5-6-20-14(10)15(17)18/h3-7,9H,8H2,1-2H3,(H,17,18). The lowest BCUT2D eigenvalue weighted by atomic mass is 10.0.